The van der Waals surface area contributed by atoms with Crippen LogP contribution in [0.15, 0.2) is 12.1 Å². The number of methoxy groups -OCH3 is 2. The lowest BCUT2D eigenvalue weighted by atomic mass is 10.0. The third-order valence-electron chi connectivity index (χ3n) is 2.69. The predicted molar refractivity (Wildman–Crippen MR) is 67.4 cm³/mol. The van der Waals surface area contributed by atoms with Crippen molar-refractivity contribution in [3.63, 3.8) is 0 Å². The lowest BCUT2D eigenvalue weighted by Crippen LogP contribution is -2.06. The summed E-state index contributed by atoms with van der Waals surface area (Å²) in [5, 5.41) is 0. The number of benzene rings is 1. The molecule has 0 heterocycles. The fourth-order valence-electron chi connectivity index (χ4n) is 1.85. The largest absolute Gasteiger partial charge is 0.496 e. The lowest BCUT2D eigenvalue weighted by Gasteiger charge is -2.14. The van der Waals surface area contributed by atoms with Crippen LogP contribution >= 0.6 is 0 Å². The molecule has 0 unspecified atom stereocenters. The Hall–Kier alpha value is -1.26. The summed E-state index contributed by atoms with van der Waals surface area (Å²) in [5.41, 5.74) is 2.22. The van der Waals surface area contributed by atoms with Crippen molar-refractivity contribution in [3.8, 4) is 11.5 Å². The van der Waals surface area contributed by atoms with Gasteiger partial charge >= 0.3 is 0 Å². The molecule has 0 radical (unpaired) electrons. The van der Waals surface area contributed by atoms with E-state index in [1.807, 2.05) is 12.1 Å². The van der Waals surface area contributed by atoms with Crippen LogP contribution in [0, 0.1) is 0 Å². The Kier molecular flexibility index (Phi) is 5.80. The van der Waals surface area contributed by atoms with Crippen molar-refractivity contribution >= 4 is 0 Å². The van der Waals surface area contributed by atoms with E-state index in [0.29, 0.717) is 13.0 Å². The fraction of sp³-hybridized carbons (Fsp3) is 0.538. The average Bonchev–Trinajstić information content (AvgIpc) is 2.36. The highest BCUT2D eigenvalue weighted by Gasteiger charge is 2.10. The van der Waals surface area contributed by atoms with Gasteiger partial charge in [-0.3, -0.25) is 0 Å². The summed E-state index contributed by atoms with van der Waals surface area (Å²) in [7, 11) is 3.36. The normalized spacial score (nSPS) is 10.4. The molecule has 0 bridgehead atoms. The molecule has 0 aliphatic carbocycles. The second kappa shape index (κ2) is 7.14. The van der Waals surface area contributed by atoms with Gasteiger partial charge in [-0.2, -0.15) is 0 Å². The molecule has 1 aromatic rings. The average molecular weight is 239 g/mol. The first-order chi connectivity index (χ1) is 8.26. The molecular formula is C13H21NO3. The molecule has 0 aliphatic heterocycles. The van der Waals surface area contributed by atoms with Crippen LogP contribution in [0.5, 0.6) is 11.5 Å². The minimum absolute atomic E-state index is 0.465. The van der Waals surface area contributed by atoms with Crippen LogP contribution in [0.3, 0.4) is 0 Å². The zero-order chi connectivity index (χ0) is 12.7. The van der Waals surface area contributed by atoms with Crippen LogP contribution in [-0.4, -0.2) is 20.8 Å². The second-order valence-electron chi connectivity index (χ2n) is 3.85. The maximum Gasteiger partial charge on any atom is 0.122 e. The Morgan fingerprint density at radius 1 is 1.00 bits per heavy atom. The topological polar surface area (TPSA) is 53.7 Å². The van der Waals surface area contributed by atoms with E-state index in [1.54, 1.807) is 14.2 Å². The van der Waals surface area contributed by atoms with Crippen LogP contribution in [0.25, 0.3) is 0 Å². The maximum atomic E-state index is 5.39. The van der Waals surface area contributed by atoms with Crippen LogP contribution in [0.2, 0.25) is 0 Å². The third-order valence-corrected chi connectivity index (χ3v) is 2.69. The van der Waals surface area contributed by atoms with Crippen molar-refractivity contribution in [3.05, 3.63) is 23.3 Å². The van der Waals surface area contributed by atoms with Gasteiger partial charge in [-0.25, -0.2) is 5.90 Å². The summed E-state index contributed by atoms with van der Waals surface area (Å²) in [5.74, 6) is 6.81. The second-order valence-corrected chi connectivity index (χ2v) is 3.85. The number of ether oxygens (including phenoxy) is 2. The van der Waals surface area contributed by atoms with Crippen LogP contribution in [0.4, 0.5) is 0 Å². The van der Waals surface area contributed by atoms with Crippen molar-refractivity contribution < 1.29 is 14.3 Å². The molecule has 4 nitrogen and oxygen atoms in total. The summed E-state index contributed by atoms with van der Waals surface area (Å²) in [6.07, 6.45) is 2.76. The van der Waals surface area contributed by atoms with E-state index >= 15 is 0 Å². The zero-order valence-corrected chi connectivity index (χ0v) is 10.8. The van der Waals surface area contributed by atoms with Crippen LogP contribution < -0.4 is 15.4 Å². The Balaban J connectivity index is 3.04. The zero-order valence-electron chi connectivity index (χ0n) is 10.8. The van der Waals surface area contributed by atoms with Gasteiger partial charge in [0.1, 0.15) is 11.5 Å². The third kappa shape index (κ3) is 3.61. The smallest absolute Gasteiger partial charge is 0.122 e. The fourth-order valence-corrected chi connectivity index (χ4v) is 1.85. The van der Waals surface area contributed by atoms with E-state index in [9.17, 15) is 0 Å². The van der Waals surface area contributed by atoms with Gasteiger partial charge in [0.05, 0.1) is 20.8 Å². The van der Waals surface area contributed by atoms with Crippen molar-refractivity contribution in [2.45, 2.75) is 26.2 Å². The summed E-state index contributed by atoms with van der Waals surface area (Å²) in [6, 6.07) is 4.04. The van der Waals surface area contributed by atoms with E-state index in [0.717, 1.165) is 29.9 Å². The number of hydrogen-bond acceptors (Lipinski definition) is 4. The van der Waals surface area contributed by atoms with E-state index in [4.69, 9.17) is 15.4 Å². The highest BCUT2D eigenvalue weighted by molar-refractivity contribution is 5.46. The van der Waals surface area contributed by atoms with Gasteiger partial charge in [0.2, 0.25) is 0 Å². The maximum absolute atomic E-state index is 5.39. The molecule has 17 heavy (non-hydrogen) atoms. The van der Waals surface area contributed by atoms with Gasteiger partial charge in [0.25, 0.3) is 0 Å². The summed E-state index contributed by atoms with van der Waals surface area (Å²) in [6.45, 7) is 2.61. The number of aryl methyl sites for hydroxylation is 1. The van der Waals surface area contributed by atoms with E-state index in [2.05, 4.69) is 11.8 Å². The van der Waals surface area contributed by atoms with Gasteiger partial charge in [-0.15, -0.1) is 0 Å². The van der Waals surface area contributed by atoms with Gasteiger partial charge in [0, 0.05) is 12.0 Å². The first kappa shape index (κ1) is 13.8. The SMILES string of the molecule is CCCc1cc(OC)c(CCON)cc1OC. The highest BCUT2D eigenvalue weighted by Crippen LogP contribution is 2.30. The van der Waals surface area contributed by atoms with Gasteiger partial charge < -0.3 is 14.3 Å². The van der Waals surface area contributed by atoms with E-state index < -0.39 is 0 Å². The summed E-state index contributed by atoms with van der Waals surface area (Å²) < 4.78 is 10.8. The molecule has 0 atom stereocenters. The quantitative estimate of drug-likeness (QED) is 0.740. The van der Waals surface area contributed by atoms with Crippen LogP contribution in [0.1, 0.15) is 24.5 Å². The number of nitrogens with two attached hydrogens (primary N) is 1. The first-order valence-corrected chi connectivity index (χ1v) is 5.82. The molecule has 96 valence electrons. The minimum Gasteiger partial charge on any atom is -0.496 e. The van der Waals surface area contributed by atoms with E-state index in [1.165, 1.54) is 5.56 Å². The highest BCUT2D eigenvalue weighted by atomic mass is 16.6. The van der Waals surface area contributed by atoms with Crippen molar-refractivity contribution in [2.75, 3.05) is 20.8 Å². The monoisotopic (exact) mass is 239 g/mol. The van der Waals surface area contributed by atoms with Crippen molar-refractivity contribution in [2.24, 2.45) is 5.90 Å². The van der Waals surface area contributed by atoms with Crippen molar-refractivity contribution in [1.29, 1.82) is 0 Å². The molecule has 2 N–H and O–H groups in total. The molecule has 1 rings (SSSR count). The number of hydrogen-bond donors (Lipinski definition) is 1. The molecule has 0 saturated heterocycles. The standard InChI is InChI=1S/C13H21NO3/c1-4-5-10-8-13(16-3)11(6-7-17-14)9-12(10)15-2/h8-9H,4-7,14H2,1-3H3. The first-order valence-electron chi connectivity index (χ1n) is 5.82. The molecule has 0 fully saturated rings. The summed E-state index contributed by atoms with van der Waals surface area (Å²) >= 11 is 0. The Morgan fingerprint density at radius 3 is 1.94 bits per heavy atom. The number of rotatable bonds is 7. The molecule has 0 spiro atoms. The van der Waals surface area contributed by atoms with Gasteiger partial charge in [-0.1, -0.05) is 13.3 Å². The molecule has 4 heteroatoms. The molecule has 0 aromatic heterocycles. The Labute approximate surface area is 103 Å². The summed E-state index contributed by atoms with van der Waals surface area (Å²) in [4.78, 5) is 4.60. The molecule has 0 aliphatic rings. The molecule has 0 amide bonds. The predicted octanol–water partition coefficient (Wildman–Crippen LogP) is 2.09. The van der Waals surface area contributed by atoms with Crippen LogP contribution in [-0.2, 0) is 17.7 Å². The Bertz CT molecular complexity index is 353. The molecular weight excluding hydrogens is 218 g/mol. The Morgan fingerprint density at radius 2 is 1.53 bits per heavy atom. The van der Waals surface area contributed by atoms with Gasteiger partial charge in [0.15, 0.2) is 0 Å². The van der Waals surface area contributed by atoms with Crippen molar-refractivity contribution in [1.82, 2.24) is 0 Å². The lowest BCUT2D eigenvalue weighted by molar-refractivity contribution is 0.140. The minimum atomic E-state index is 0.465. The molecule has 0 saturated carbocycles. The van der Waals surface area contributed by atoms with Gasteiger partial charge in [-0.05, 0) is 24.1 Å². The van der Waals surface area contributed by atoms with E-state index in [-0.39, 0.29) is 0 Å². The molecule has 1 aromatic carbocycles.